The summed E-state index contributed by atoms with van der Waals surface area (Å²) in [5, 5.41) is 3.63. The second kappa shape index (κ2) is 9.11. The lowest BCUT2D eigenvalue weighted by Gasteiger charge is -2.13. The summed E-state index contributed by atoms with van der Waals surface area (Å²) >= 11 is 2.79. The largest absolute Gasteiger partial charge is 0.325 e. The molecule has 2 aromatic carbocycles. The number of rotatable bonds is 6. The summed E-state index contributed by atoms with van der Waals surface area (Å²) in [4.78, 5) is 42.5. The normalized spacial score (nSPS) is 14.8. The number of anilines is 1. The smallest absolute Gasteiger partial charge is 0.272 e. The molecule has 0 spiro atoms. The third kappa shape index (κ3) is 4.75. The number of para-hydroxylation sites is 1. The van der Waals surface area contributed by atoms with Crippen molar-refractivity contribution in [3.8, 4) is 5.69 Å². The molecule has 1 aromatic heterocycles. The Morgan fingerprint density at radius 3 is 2.55 bits per heavy atom. The molecule has 8 heteroatoms. The maximum Gasteiger partial charge on any atom is 0.272 e. The lowest BCUT2D eigenvalue weighted by molar-refractivity contribution is -0.113. The summed E-state index contributed by atoms with van der Waals surface area (Å²) in [6.07, 6.45) is 0.743. The van der Waals surface area contributed by atoms with Gasteiger partial charge in [-0.3, -0.25) is 19.0 Å². The number of Topliss-reactive ketones (excluding diaryl/α,β-unsaturated/α-hetero) is 1. The highest BCUT2D eigenvalue weighted by atomic mass is 32.2. The number of aromatic nitrogens is 2. The highest BCUT2D eigenvalue weighted by Gasteiger charge is 2.27. The quantitative estimate of drug-likeness (QED) is 0.344. The number of nitrogens with zero attached hydrogens (tertiary/aromatic N) is 2. The Bertz CT molecular complexity index is 1190. The number of fused-ring (bicyclic) bond motifs is 1. The number of carbonyl (C=O) groups excluding carboxylic acids is 2. The number of amides is 1. The zero-order valence-electron chi connectivity index (χ0n) is 17.1. The molecule has 31 heavy (non-hydrogen) atoms. The van der Waals surface area contributed by atoms with E-state index in [2.05, 4.69) is 12.2 Å². The van der Waals surface area contributed by atoms with E-state index in [1.54, 1.807) is 40.6 Å². The molecule has 1 unspecified atom stereocenters. The molecule has 1 amide bonds. The summed E-state index contributed by atoms with van der Waals surface area (Å²) in [6, 6.07) is 16.1. The first-order valence-corrected chi connectivity index (χ1v) is 11.7. The summed E-state index contributed by atoms with van der Waals surface area (Å²) in [5.41, 5.74) is 2.65. The predicted molar refractivity (Wildman–Crippen MR) is 125 cm³/mol. The van der Waals surface area contributed by atoms with Gasteiger partial charge in [-0.05, 0) is 43.3 Å². The molecule has 1 atom stereocenters. The van der Waals surface area contributed by atoms with Crippen LogP contribution in [0.3, 0.4) is 0 Å². The lowest BCUT2D eigenvalue weighted by atomic mass is 10.1. The Hall–Kier alpha value is -2.84. The highest BCUT2D eigenvalue weighted by Crippen LogP contribution is 2.34. The van der Waals surface area contributed by atoms with Crippen LogP contribution in [0.25, 0.3) is 5.69 Å². The van der Waals surface area contributed by atoms with Crippen molar-refractivity contribution in [2.45, 2.75) is 35.6 Å². The standard InChI is InChI=1S/C23H21N3O3S2/c1-14-12-19-21(31-14)22(29)26(18-6-4-3-5-7-18)23(25-19)30-13-20(28)24-17-10-8-16(9-11-17)15(2)27/h3-11,14H,12-13H2,1-2H3,(H,24,28). The molecule has 0 saturated heterocycles. The molecule has 1 aliphatic heterocycles. The van der Waals surface area contributed by atoms with Crippen LogP contribution in [0.5, 0.6) is 0 Å². The van der Waals surface area contributed by atoms with Gasteiger partial charge in [0.05, 0.1) is 22.0 Å². The minimum atomic E-state index is -0.210. The van der Waals surface area contributed by atoms with Crippen molar-refractivity contribution in [1.82, 2.24) is 9.55 Å². The van der Waals surface area contributed by atoms with Crippen molar-refractivity contribution in [2.75, 3.05) is 11.1 Å². The van der Waals surface area contributed by atoms with E-state index < -0.39 is 0 Å². The third-order valence-electron chi connectivity index (χ3n) is 4.80. The third-order valence-corrected chi connectivity index (χ3v) is 6.96. The first-order valence-electron chi connectivity index (χ1n) is 9.84. The van der Waals surface area contributed by atoms with Gasteiger partial charge >= 0.3 is 0 Å². The fourth-order valence-electron chi connectivity index (χ4n) is 3.32. The zero-order chi connectivity index (χ0) is 22.0. The van der Waals surface area contributed by atoms with Crippen LogP contribution in [0.1, 0.15) is 29.9 Å². The topological polar surface area (TPSA) is 81.1 Å². The molecule has 0 saturated carbocycles. The molecule has 4 rings (SSSR count). The number of thioether (sulfide) groups is 2. The maximum absolute atomic E-state index is 13.2. The first-order chi connectivity index (χ1) is 14.9. The summed E-state index contributed by atoms with van der Waals surface area (Å²) in [5.74, 6) is -0.130. The van der Waals surface area contributed by atoms with Crippen molar-refractivity contribution in [1.29, 1.82) is 0 Å². The number of nitrogens with one attached hydrogen (secondary N) is 1. The highest BCUT2D eigenvalue weighted by molar-refractivity contribution is 8.00. The fraction of sp³-hybridized carbons (Fsp3) is 0.217. The molecule has 0 bridgehead atoms. The van der Waals surface area contributed by atoms with Crippen LogP contribution in [-0.2, 0) is 11.2 Å². The van der Waals surface area contributed by atoms with E-state index in [1.807, 2.05) is 30.3 Å². The van der Waals surface area contributed by atoms with Gasteiger partial charge in [-0.1, -0.05) is 36.9 Å². The Morgan fingerprint density at radius 1 is 1.16 bits per heavy atom. The van der Waals surface area contributed by atoms with Gasteiger partial charge in [-0.15, -0.1) is 11.8 Å². The Morgan fingerprint density at radius 2 is 1.87 bits per heavy atom. The average Bonchev–Trinajstić information content (AvgIpc) is 3.14. The van der Waals surface area contributed by atoms with Crippen LogP contribution in [0, 0.1) is 0 Å². The van der Waals surface area contributed by atoms with Gasteiger partial charge in [-0.25, -0.2) is 4.98 Å². The molecular formula is C23H21N3O3S2. The van der Waals surface area contributed by atoms with Crippen LogP contribution >= 0.6 is 23.5 Å². The van der Waals surface area contributed by atoms with Crippen LogP contribution in [0.2, 0.25) is 0 Å². The zero-order valence-corrected chi connectivity index (χ0v) is 18.8. The van der Waals surface area contributed by atoms with Crippen molar-refractivity contribution in [3.63, 3.8) is 0 Å². The molecule has 6 nitrogen and oxygen atoms in total. The van der Waals surface area contributed by atoms with Crippen LogP contribution in [0.4, 0.5) is 5.69 Å². The first kappa shape index (κ1) is 21.4. The van der Waals surface area contributed by atoms with E-state index >= 15 is 0 Å². The van der Waals surface area contributed by atoms with Crippen molar-refractivity contribution >= 4 is 40.9 Å². The molecule has 2 heterocycles. The van der Waals surface area contributed by atoms with E-state index in [4.69, 9.17) is 4.98 Å². The molecule has 158 valence electrons. The van der Waals surface area contributed by atoms with Gasteiger partial charge in [0, 0.05) is 22.9 Å². The minimum Gasteiger partial charge on any atom is -0.325 e. The second-order valence-electron chi connectivity index (χ2n) is 7.25. The number of hydrogen-bond acceptors (Lipinski definition) is 6. The van der Waals surface area contributed by atoms with E-state index in [1.165, 1.54) is 18.7 Å². The van der Waals surface area contributed by atoms with E-state index in [-0.39, 0.29) is 23.0 Å². The second-order valence-corrected chi connectivity index (χ2v) is 9.64. The average molecular weight is 452 g/mol. The van der Waals surface area contributed by atoms with Gasteiger partial charge in [-0.2, -0.15) is 0 Å². The van der Waals surface area contributed by atoms with Crippen molar-refractivity contribution in [2.24, 2.45) is 0 Å². The molecule has 0 radical (unpaired) electrons. The summed E-state index contributed by atoms with van der Waals surface area (Å²) < 4.78 is 1.59. The molecule has 0 aliphatic carbocycles. The molecule has 1 N–H and O–H groups in total. The van der Waals surface area contributed by atoms with Gasteiger partial charge in [0.25, 0.3) is 5.56 Å². The van der Waals surface area contributed by atoms with Gasteiger partial charge in [0.2, 0.25) is 5.91 Å². The van der Waals surface area contributed by atoms with Crippen LogP contribution < -0.4 is 10.9 Å². The maximum atomic E-state index is 13.2. The molecule has 3 aromatic rings. The van der Waals surface area contributed by atoms with Gasteiger partial charge in [0.15, 0.2) is 10.9 Å². The fourth-order valence-corrected chi connectivity index (χ4v) is 5.24. The van der Waals surface area contributed by atoms with E-state index in [0.717, 1.165) is 17.8 Å². The van der Waals surface area contributed by atoms with E-state index in [0.29, 0.717) is 26.6 Å². The SMILES string of the molecule is CC(=O)c1ccc(NC(=O)CSc2nc3c(c(=O)n2-c2ccccc2)SC(C)C3)cc1. The number of ketones is 1. The Balaban J connectivity index is 1.56. The van der Waals surface area contributed by atoms with E-state index in [9.17, 15) is 14.4 Å². The van der Waals surface area contributed by atoms with Crippen molar-refractivity contribution < 1.29 is 9.59 Å². The number of carbonyl (C=O) groups is 2. The molecule has 0 fully saturated rings. The van der Waals surface area contributed by atoms with Gasteiger partial charge in [0.1, 0.15) is 0 Å². The summed E-state index contributed by atoms with van der Waals surface area (Å²) in [6.45, 7) is 3.58. The Labute approximate surface area is 188 Å². The Kier molecular flexibility index (Phi) is 6.29. The van der Waals surface area contributed by atoms with Crippen molar-refractivity contribution in [3.05, 3.63) is 76.2 Å². The number of hydrogen-bond donors (Lipinski definition) is 1. The predicted octanol–water partition coefficient (Wildman–Crippen LogP) is 4.20. The van der Waals surface area contributed by atoms with Crippen LogP contribution in [-0.4, -0.2) is 32.2 Å². The number of benzene rings is 2. The molecular weight excluding hydrogens is 430 g/mol. The van der Waals surface area contributed by atoms with Gasteiger partial charge < -0.3 is 5.32 Å². The lowest BCUT2D eigenvalue weighted by Crippen LogP contribution is -2.24. The summed E-state index contributed by atoms with van der Waals surface area (Å²) in [7, 11) is 0. The monoisotopic (exact) mass is 451 g/mol. The molecule has 1 aliphatic rings. The minimum absolute atomic E-state index is 0.0255. The van der Waals surface area contributed by atoms with Crippen LogP contribution in [0.15, 0.2) is 69.4 Å².